The van der Waals surface area contributed by atoms with E-state index in [2.05, 4.69) is 40.2 Å². The van der Waals surface area contributed by atoms with Crippen molar-refractivity contribution in [3.8, 4) is 11.1 Å². The molecule has 3 rings (SSSR count). The highest BCUT2D eigenvalue weighted by molar-refractivity contribution is 5.80. The average Bonchev–Trinajstić information content (AvgIpc) is 3.25. The van der Waals surface area contributed by atoms with Gasteiger partial charge >= 0.3 is 12.2 Å². The predicted molar refractivity (Wildman–Crippen MR) is 158 cm³/mol. The van der Waals surface area contributed by atoms with Crippen LogP contribution in [0.25, 0.3) is 11.1 Å². The molecule has 1 aliphatic rings. The lowest BCUT2D eigenvalue weighted by Crippen LogP contribution is -2.36. The molecule has 1 atom stereocenters. The number of rotatable bonds is 15. The Morgan fingerprint density at radius 2 is 1.41 bits per heavy atom. The standard InChI is InChI=1S/C32H43N3O6/c1-32(2,3)41-31(39)34-20-12-10-13-23(21-36)35-29(37)18-5-4-11-19-33-30(38)40-22-28-26-16-8-6-14-24(26)25-15-7-9-17-27(25)28/h6-9,14-17,21,23,28H,4-5,10-13,18-20,22H2,1-3H3,(H,33,38)(H,34,39)(H,35,37)/t23-/m0/s1. The third-order valence-electron chi connectivity index (χ3n) is 6.81. The van der Waals surface area contributed by atoms with Crippen LogP contribution in [0.2, 0.25) is 0 Å². The van der Waals surface area contributed by atoms with Crippen molar-refractivity contribution in [3.05, 3.63) is 59.7 Å². The lowest BCUT2D eigenvalue weighted by molar-refractivity contribution is -0.124. The Hall–Kier alpha value is -3.88. The summed E-state index contributed by atoms with van der Waals surface area (Å²) in [6.45, 7) is 6.58. The number of carbonyl (C=O) groups excluding carboxylic acids is 4. The first-order valence-electron chi connectivity index (χ1n) is 14.5. The van der Waals surface area contributed by atoms with Crippen LogP contribution in [0, 0.1) is 0 Å². The second kappa shape index (κ2) is 15.8. The number of unbranched alkanes of at least 4 members (excludes halogenated alkanes) is 3. The van der Waals surface area contributed by atoms with Gasteiger partial charge in [-0.05, 0) is 75.1 Å². The van der Waals surface area contributed by atoms with E-state index in [0.29, 0.717) is 45.2 Å². The van der Waals surface area contributed by atoms with Crippen molar-refractivity contribution in [1.82, 2.24) is 16.0 Å². The number of hydrogen-bond donors (Lipinski definition) is 3. The molecule has 0 saturated carbocycles. The van der Waals surface area contributed by atoms with Crippen LogP contribution >= 0.6 is 0 Å². The molecule has 0 unspecified atom stereocenters. The van der Waals surface area contributed by atoms with Crippen molar-refractivity contribution in [2.75, 3.05) is 19.7 Å². The monoisotopic (exact) mass is 565 g/mol. The van der Waals surface area contributed by atoms with Gasteiger partial charge in [0.1, 0.15) is 18.5 Å². The number of alkyl carbamates (subject to hydrolysis) is 2. The maximum Gasteiger partial charge on any atom is 0.407 e. The summed E-state index contributed by atoms with van der Waals surface area (Å²) in [5.41, 5.74) is 4.18. The van der Waals surface area contributed by atoms with Crippen molar-refractivity contribution in [2.45, 2.75) is 83.3 Å². The van der Waals surface area contributed by atoms with Crippen LogP contribution < -0.4 is 16.0 Å². The van der Waals surface area contributed by atoms with Gasteiger partial charge in [-0.3, -0.25) is 4.79 Å². The van der Waals surface area contributed by atoms with E-state index in [0.717, 1.165) is 19.1 Å². The maximum atomic E-state index is 12.3. The fourth-order valence-corrected chi connectivity index (χ4v) is 4.87. The largest absolute Gasteiger partial charge is 0.449 e. The smallest absolute Gasteiger partial charge is 0.407 e. The van der Waals surface area contributed by atoms with Crippen LogP contribution in [-0.4, -0.2) is 55.7 Å². The first kappa shape index (κ1) is 31.6. The van der Waals surface area contributed by atoms with Gasteiger partial charge < -0.3 is 30.2 Å². The summed E-state index contributed by atoms with van der Waals surface area (Å²) in [6.07, 6.45) is 4.16. The van der Waals surface area contributed by atoms with Gasteiger partial charge in [-0.15, -0.1) is 0 Å². The lowest BCUT2D eigenvalue weighted by atomic mass is 9.98. The first-order valence-corrected chi connectivity index (χ1v) is 14.5. The molecule has 0 fully saturated rings. The molecule has 9 heteroatoms. The normalized spacial score (nSPS) is 13.0. The van der Waals surface area contributed by atoms with Gasteiger partial charge in [-0.1, -0.05) is 55.0 Å². The van der Waals surface area contributed by atoms with Crippen molar-refractivity contribution >= 4 is 24.4 Å². The van der Waals surface area contributed by atoms with Crippen LogP contribution in [0.15, 0.2) is 48.5 Å². The molecule has 222 valence electrons. The van der Waals surface area contributed by atoms with Crippen LogP contribution in [0.3, 0.4) is 0 Å². The molecule has 0 aliphatic heterocycles. The number of benzene rings is 2. The SMILES string of the molecule is CC(C)(C)OC(=O)NCCCC[C@@H](C=O)NC(=O)CCCCCNC(=O)OCC1c2ccccc2-c2ccccc21. The predicted octanol–water partition coefficient (Wildman–Crippen LogP) is 5.46. The molecule has 9 nitrogen and oxygen atoms in total. The molecule has 3 amide bonds. The second-order valence-electron chi connectivity index (χ2n) is 11.3. The van der Waals surface area contributed by atoms with Crippen molar-refractivity contribution in [2.24, 2.45) is 0 Å². The summed E-state index contributed by atoms with van der Waals surface area (Å²) in [4.78, 5) is 47.5. The Morgan fingerprint density at radius 1 is 0.829 bits per heavy atom. The number of carbonyl (C=O) groups is 4. The fourth-order valence-electron chi connectivity index (χ4n) is 4.87. The van der Waals surface area contributed by atoms with Gasteiger partial charge in [0.25, 0.3) is 0 Å². The van der Waals surface area contributed by atoms with E-state index >= 15 is 0 Å². The average molecular weight is 566 g/mol. The Morgan fingerprint density at radius 3 is 2.02 bits per heavy atom. The number of hydrogen-bond acceptors (Lipinski definition) is 6. The molecule has 2 aromatic rings. The summed E-state index contributed by atoms with van der Waals surface area (Å²) >= 11 is 0. The van der Waals surface area contributed by atoms with Gasteiger partial charge in [-0.2, -0.15) is 0 Å². The second-order valence-corrected chi connectivity index (χ2v) is 11.3. The van der Waals surface area contributed by atoms with E-state index in [1.54, 1.807) is 20.8 Å². The summed E-state index contributed by atoms with van der Waals surface area (Å²) in [5.74, 6) is -0.144. The minimum atomic E-state index is -0.546. The lowest BCUT2D eigenvalue weighted by Gasteiger charge is -2.19. The highest BCUT2D eigenvalue weighted by atomic mass is 16.6. The summed E-state index contributed by atoms with van der Waals surface area (Å²) in [7, 11) is 0. The molecular weight excluding hydrogens is 522 g/mol. The van der Waals surface area contributed by atoms with Gasteiger partial charge in [-0.25, -0.2) is 9.59 Å². The van der Waals surface area contributed by atoms with Crippen molar-refractivity contribution < 1.29 is 28.7 Å². The molecule has 0 bridgehead atoms. The summed E-state index contributed by atoms with van der Waals surface area (Å²) in [5, 5.41) is 8.23. The Bertz CT molecular complexity index is 1130. The zero-order valence-corrected chi connectivity index (χ0v) is 24.4. The van der Waals surface area contributed by atoms with Crippen LogP contribution in [0.1, 0.15) is 82.8 Å². The van der Waals surface area contributed by atoms with E-state index in [-0.39, 0.29) is 18.4 Å². The Balaban J connectivity index is 1.23. The zero-order valence-electron chi connectivity index (χ0n) is 24.4. The van der Waals surface area contributed by atoms with Crippen molar-refractivity contribution in [3.63, 3.8) is 0 Å². The molecule has 0 aromatic heterocycles. The number of aldehydes is 1. The van der Waals surface area contributed by atoms with Crippen LogP contribution in [0.5, 0.6) is 0 Å². The molecule has 1 aliphatic carbocycles. The van der Waals surface area contributed by atoms with E-state index in [1.807, 2.05) is 24.3 Å². The minimum Gasteiger partial charge on any atom is -0.449 e. The third kappa shape index (κ3) is 10.6. The molecule has 0 heterocycles. The topological polar surface area (TPSA) is 123 Å². The Labute approximate surface area is 242 Å². The number of ether oxygens (including phenoxy) is 2. The minimum absolute atomic E-state index is 0.0238. The van der Waals surface area contributed by atoms with E-state index < -0.39 is 23.8 Å². The van der Waals surface area contributed by atoms with E-state index in [9.17, 15) is 19.2 Å². The molecule has 0 spiro atoms. The fraction of sp³-hybridized carbons (Fsp3) is 0.500. The molecular formula is C32H43N3O6. The highest BCUT2D eigenvalue weighted by Crippen LogP contribution is 2.44. The van der Waals surface area contributed by atoms with Crippen LogP contribution in [0.4, 0.5) is 9.59 Å². The molecule has 41 heavy (non-hydrogen) atoms. The summed E-state index contributed by atoms with van der Waals surface area (Å²) < 4.78 is 10.7. The van der Waals surface area contributed by atoms with Gasteiger partial charge in [0, 0.05) is 25.4 Å². The molecule has 0 radical (unpaired) electrons. The zero-order chi connectivity index (χ0) is 29.7. The maximum absolute atomic E-state index is 12.3. The Kier molecular flexibility index (Phi) is 12.2. The van der Waals surface area contributed by atoms with Crippen LogP contribution in [-0.2, 0) is 19.1 Å². The first-order chi connectivity index (χ1) is 19.7. The van der Waals surface area contributed by atoms with Gasteiger partial charge in [0.15, 0.2) is 0 Å². The number of fused-ring (bicyclic) bond motifs is 3. The molecule has 0 saturated heterocycles. The number of nitrogens with one attached hydrogen (secondary N) is 3. The number of amides is 3. The van der Waals surface area contributed by atoms with Gasteiger partial charge in [0.2, 0.25) is 5.91 Å². The van der Waals surface area contributed by atoms with E-state index in [1.165, 1.54) is 22.3 Å². The van der Waals surface area contributed by atoms with E-state index in [4.69, 9.17) is 9.47 Å². The quantitative estimate of drug-likeness (QED) is 0.195. The van der Waals surface area contributed by atoms with Crippen molar-refractivity contribution in [1.29, 1.82) is 0 Å². The third-order valence-corrected chi connectivity index (χ3v) is 6.81. The highest BCUT2D eigenvalue weighted by Gasteiger charge is 2.29. The molecule has 2 aromatic carbocycles. The van der Waals surface area contributed by atoms with Gasteiger partial charge in [0.05, 0.1) is 6.04 Å². The summed E-state index contributed by atoms with van der Waals surface area (Å²) in [6, 6.07) is 15.9. The molecule has 3 N–H and O–H groups in total.